The quantitative estimate of drug-likeness (QED) is 0.264. The van der Waals surface area contributed by atoms with Gasteiger partial charge in [0, 0.05) is 16.7 Å². The molecule has 0 unspecified atom stereocenters. The molecule has 2 aromatic carbocycles. The van der Waals surface area contributed by atoms with Gasteiger partial charge in [0.15, 0.2) is 12.4 Å². The summed E-state index contributed by atoms with van der Waals surface area (Å²) in [5.41, 5.74) is 3.97. The van der Waals surface area contributed by atoms with E-state index in [1.807, 2.05) is 0 Å². The normalized spacial score (nSPS) is 10.8. The molecule has 34 heavy (non-hydrogen) atoms. The van der Waals surface area contributed by atoms with Crippen molar-refractivity contribution in [2.75, 3.05) is 13.7 Å². The Hall–Kier alpha value is -4.88. The Morgan fingerprint density at radius 3 is 2.62 bits per heavy atom. The summed E-state index contributed by atoms with van der Waals surface area (Å²) >= 11 is 0. The predicted octanol–water partition coefficient (Wildman–Crippen LogP) is 1.99. The van der Waals surface area contributed by atoms with Crippen LogP contribution in [0.15, 0.2) is 47.8 Å². The largest absolute Gasteiger partial charge is 0.496 e. The van der Waals surface area contributed by atoms with Crippen molar-refractivity contribution >= 4 is 23.8 Å². The van der Waals surface area contributed by atoms with Crippen LogP contribution in [0.25, 0.3) is 0 Å². The van der Waals surface area contributed by atoms with E-state index < -0.39 is 28.3 Å². The summed E-state index contributed by atoms with van der Waals surface area (Å²) in [6, 6.07) is 9.47. The second kappa shape index (κ2) is 10.6. The zero-order valence-corrected chi connectivity index (χ0v) is 18.1. The average Bonchev–Trinajstić information content (AvgIpc) is 3.27. The van der Waals surface area contributed by atoms with E-state index in [1.165, 1.54) is 36.5 Å². The Bertz CT molecular complexity index is 1260. The monoisotopic (exact) mass is 469 g/mol. The number of nitro groups is 2. The number of amides is 1. The summed E-state index contributed by atoms with van der Waals surface area (Å²) in [6.45, 7) is 1.39. The van der Waals surface area contributed by atoms with Crippen molar-refractivity contribution in [3.05, 3.63) is 79.6 Å². The topological polar surface area (TPSA) is 177 Å². The van der Waals surface area contributed by atoms with Crippen LogP contribution in [-0.4, -0.2) is 50.4 Å². The summed E-state index contributed by atoms with van der Waals surface area (Å²) < 4.78 is 11.8. The molecule has 0 radical (unpaired) electrons. The lowest BCUT2D eigenvalue weighted by Crippen LogP contribution is -2.24. The fourth-order valence-electron chi connectivity index (χ4n) is 2.87. The van der Waals surface area contributed by atoms with Gasteiger partial charge in [0.2, 0.25) is 6.33 Å². The van der Waals surface area contributed by atoms with Crippen molar-refractivity contribution in [2.24, 2.45) is 5.10 Å². The Balaban J connectivity index is 1.62. The molecular formula is C20H19N7O7. The second-order valence-electron chi connectivity index (χ2n) is 6.88. The first-order chi connectivity index (χ1) is 16.3. The molecule has 0 aliphatic rings. The standard InChI is InChI=1S/C20H19N7O7/c1-13-3-5-18(16(7-13)26(29)30)34-11-19(28)23-22-9-14-4-6-17(33-2)15(8-14)10-25-12-21-20(24-25)27(31)32/h3-9,12H,10-11H2,1-2H3,(H,23,28)/b22-9+. The van der Waals surface area contributed by atoms with Crippen LogP contribution in [0.1, 0.15) is 16.7 Å². The third-order valence-electron chi connectivity index (χ3n) is 4.40. The number of hydrazone groups is 1. The number of aryl methyl sites for hydroxylation is 1. The predicted molar refractivity (Wildman–Crippen MR) is 118 cm³/mol. The second-order valence-corrected chi connectivity index (χ2v) is 6.88. The summed E-state index contributed by atoms with van der Waals surface area (Å²) in [5.74, 6) is -0.636. The lowest BCUT2D eigenvalue weighted by Gasteiger charge is -2.08. The van der Waals surface area contributed by atoms with Gasteiger partial charge < -0.3 is 19.6 Å². The number of methoxy groups -OCH3 is 1. The highest BCUT2D eigenvalue weighted by atomic mass is 16.6. The van der Waals surface area contributed by atoms with Crippen LogP contribution in [0.2, 0.25) is 0 Å². The van der Waals surface area contributed by atoms with Crippen LogP contribution in [-0.2, 0) is 11.3 Å². The van der Waals surface area contributed by atoms with E-state index in [4.69, 9.17) is 9.47 Å². The van der Waals surface area contributed by atoms with Crippen molar-refractivity contribution in [1.82, 2.24) is 20.2 Å². The van der Waals surface area contributed by atoms with E-state index in [2.05, 4.69) is 20.6 Å². The Labute approximate surface area is 192 Å². The van der Waals surface area contributed by atoms with Gasteiger partial charge in [0.1, 0.15) is 5.75 Å². The number of nitrogens with one attached hydrogen (secondary N) is 1. The number of hydrogen-bond acceptors (Lipinski definition) is 10. The summed E-state index contributed by atoms with van der Waals surface area (Å²) in [6.07, 6.45) is 2.61. The Kier molecular flexibility index (Phi) is 7.43. The number of carbonyl (C=O) groups excluding carboxylic acids is 1. The van der Waals surface area contributed by atoms with Gasteiger partial charge in [0.05, 0.1) is 24.8 Å². The van der Waals surface area contributed by atoms with Crippen LogP contribution in [0.4, 0.5) is 11.6 Å². The molecule has 0 bridgehead atoms. The fourth-order valence-corrected chi connectivity index (χ4v) is 2.87. The molecule has 1 N–H and O–H groups in total. The lowest BCUT2D eigenvalue weighted by molar-refractivity contribution is -0.394. The molecule has 3 rings (SSSR count). The van der Waals surface area contributed by atoms with Gasteiger partial charge in [-0.25, -0.2) is 5.43 Å². The number of hydrogen-bond donors (Lipinski definition) is 1. The van der Waals surface area contributed by atoms with Gasteiger partial charge in [-0.3, -0.25) is 14.9 Å². The number of nitro benzene ring substituents is 1. The van der Waals surface area contributed by atoms with E-state index in [-0.39, 0.29) is 18.0 Å². The first-order valence-electron chi connectivity index (χ1n) is 9.67. The molecule has 0 aliphatic carbocycles. The van der Waals surface area contributed by atoms with Gasteiger partial charge in [-0.2, -0.15) is 9.78 Å². The van der Waals surface area contributed by atoms with E-state index in [9.17, 15) is 25.0 Å². The third-order valence-corrected chi connectivity index (χ3v) is 4.40. The average molecular weight is 469 g/mol. The summed E-state index contributed by atoms with van der Waals surface area (Å²) in [7, 11) is 1.48. The number of nitrogens with zero attached hydrogens (tertiary/aromatic N) is 6. The van der Waals surface area contributed by atoms with E-state index in [0.29, 0.717) is 22.4 Å². The number of ether oxygens (including phenoxy) is 2. The van der Waals surface area contributed by atoms with Crippen LogP contribution >= 0.6 is 0 Å². The third kappa shape index (κ3) is 6.09. The van der Waals surface area contributed by atoms with Crippen LogP contribution in [0.5, 0.6) is 11.5 Å². The summed E-state index contributed by atoms with van der Waals surface area (Å²) in [4.78, 5) is 36.2. The molecule has 14 nitrogen and oxygen atoms in total. The van der Waals surface area contributed by atoms with Gasteiger partial charge in [-0.05, 0) is 47.2 Å². The van der Waals surface area contributed by atoms with Gasteiger partial charge in [0.25, 0.3) is 5.91 Å². The van der Waals surface area contributed by atoms with E-state index >= 15 is 0 Å². The molecule has 0 atom stereocenters. The number of carbonyl (C=O) groups is 1. The fraction of sp³-hybridized carbons (Fsp3) is 0.200. The zero-order chi connectivity index (χ0) is 24.7. The first kappa shape index (κ1) is 23.8. The minimum Gasteiger partial charge on any atom is -0.496 e. The van der Waals surface area contributed by atoms with Crippen molar-refractivity contribution in [2.45, 2.75) is 13.5 Å². The number of benzene rings is 2. The zero-order valence-electron chi connectivity index (χ0n) is 18.1. The van der Waals surface area contributed by atoms with Crippen molar-refractivity contribution in [1.29, 1.82) is 0 Å². The van der Waals surface area contributed by atoms with Crippen molar-refractivity contribution in [3.8, 4) is 11.5 Å². The Morgan fingerprint density at radius 2 is 1.94 bits per heavy atom. The van der Waals surface area contributed by atoms with Crippen LogP contribution in [0.3, 0.4) is 0 Å². The highest BCUT2D eigenvalue weighted by Crippen LogP contribution is 2.27. The van der Waals surface area contributed by atoms with Gasteiger partial charge in [-0.1, -0.05) is 11.1 Å². The molecular weight excluding hydrogens is 450 g/mol. The lowest BCUT2D eigenvalue weighted by atomic mass is 10.1. The maximum absolute atomic E-state index is 12.0. The van der Waals surface area contributed by atoms with Crippen molar-refractivity contribution in [3.63, 3.8) is 0 Å². The maximum atomic E-state index is 12.0. The molecule has 1 aromatic heterocycles. The molecule has 1 amide bonds. The molecule has 0 saturated heterocycles. The molecule has 176 valence electrons. The highest BCUT2D eigenvalue weighted by Gasteiger charge is 2.17. The number of rotatable bonds is 10. The SMILES string of the molecule is COc1ccc(/C=N/NC(=O)COc2ccc(C)cc2[N+](=O)[O-])cc1Cn1cnc([N+](=O)[O-])n1. The maximum Gasteiger partial charge on any atom is 0.490 e. The van der Waals surface area contributed by atoms with E-state index in [0.717, 1.165) is 0 Å². The molecule has 0 saturated carbocycles. The minimum atomic E-state index is -0.694. The minimum absolute atomic E-state index is 0.0251. The van der Waals surface area contributed by atoms with Crippen molar-refractivity contribution < 1.29 is 24.1 Å². The molecule has 0 spiro atoms. The van der Waals surface area contributed by atoms with Crippen LogP contribution < -0.4 is 14.9 Å². The molecule has 0 fully saturated rings. The van der Waals surface area contributed by atoms with Gasteiger partial charge >= 0.3 is 11.6 Å². The summed E-state index contributed by atoms with van der Waals surface area (Å²) in [5, 5.41) is 29.5. The smallest absolute Gasteiger partial charge is 0.490 e. The molecule has 3 aromatic rings. The highest BCUT2D eigenvalue weighted by molar-refractivity contribution is 5.83. The molecule has 14 heteroatoms. The number of aromatic nitrogens is 3. The van der Waals surface area contributed by atoms with Gasteiger partial charge in [-0.15, -0.1) is 0 Å². The van der Waals surface area contributed by atoms with E-state index in [1.54, 1.807) is 31.2 Å². The van der Waals surface area contributed by atoms with Crippen LogP contribution in [0, 0.1) is 27.2 Å². The molecule has 1 heterocycles. The Morgan fingerprint density at radius 1 is 1.18 bits per heavy atom. The molecule has 0 aliphatic heterocycles. The first-order valence-corrected chi connectivity index (χ1v) is 9.67.